The molecule has 4 aromatic rings. The zero-order valence-corrected chi connectivity index (χ0v) is 23.2. The minimum atomic E-state index is -0.103. The molecule has 2 aromatic heterocycles. The number of nitrogens with zero attached hydrogens (tertiary/aromatic N) is 4. The zero-order chi connectivity index (χ0) is 28.1. The van der Waals surface area contributed by atoms with E-state index in [1.165, 1.54) is 0 Å². The van der Waals surface area contributed by atoms with Crippen LogP contribution in [0.4, 0.5) is 0 Å². The van der Waals surface area contributed by atoms with Gasteiger partial charge in [-0.05, 0) is 67.1 Å². The number of nitrogens with one attached hydrogen (secondary N) is 1. The first-order valence-electron chi connectivity index (χ1n) is 13.6. The first-order chi connectivity index (χ1) is 19.5. The number of pyridine rings is 1. The molecular weight excluding hydrogens is 506 g/mol. The highest BCUT2D eigenvalue weighted by molar-refractivity contribution is 6.00. The summed E-state index contributed by atoms with van der Waals surface area (Å²) in [6, 6.07) is 15.2. The van der Waals surface area contributed by atoms with Crippen molar-refractivity contribution in [1.82, 2.24) is 25.0 Å². The van der Waals surface area contributed by atoms with Gasteiger partial charge in [0.2, 0.25) is 5.88 Å². The predicted octanol–water partition coefficient (Wildman–Crippen LogP) is 4.34. The van der Waals surface area contributed by atoms with Gasteiger partial charge < -0.3 is 19.7 Å². The Morgan fingerprint density at radius 1 is 1.00 bits per heavy atom. The van der Waals surface area contributed by atoms with Crippen molar-refractivity contribution in [2.45, 2.75) is 26.3 Å². The maximum atomic E-state index is 13.2. The van der Waals surface area contributed by atoms with Crippen molar-refractivity contribution in [3.8, 4) is 17.0 Å². The molecule has 40 heavy (non-hydrogen) atoms. The normalized spacial score (nSPS) is 13.9. The molecule has 1 aliphatic heterocycles. The van der Waals surface area contributed by atoms with Gasteiger partial charge in [-0.25, -0.2) is 4.98 Å². The van der Waals surface area contributed by atoms with Gasteiger partial charge >= 0.3 is 0 Å². The number of hydrogen-bond donors (Lipinski definition) is 1. The molecule has 0 saturated carbocycles. The number of carbonyl (C=O) groups excluding carboxylic acids is 2. The van der Waals surface area contributed by atoms with Crippen molar-refractivity contribution in [2.75, 3.05) is 40.5 Å². The van der Waals surface area contributed by atoms with E-state index < -0.39 is 0 Å². The molecule has 0 bridgehead atoms. The summed E-state index contributed by atoms with van der Waals surface area (Å²) in [5.41, 5.74) is 5.14. The van der Waals surface area contributed by atoms with E-state index in [4.69, 9.17) is 14.6 Å². The van der Waals surface area contributed by atoms with Gasteiger partial charge in [-0.2, -0.15) is 5.10 Å². The van der Waals surface area contributed by atoms with Gasteiger partial charge in [0, 0.05) is 73.8 Å². The Hall–Kier alpha value is -4.24. The third-order valence-corrected chi connectivity index (χ3v) is 7.60. The second kappa shape index (κ2) is 12.3. The Morgan fingerprint density at radius 2 is 1.75 bits per heavy atom. The number of piperidine rings is 1. The van der Waals surface area contributed by atoms with Crippen LogP contribution in [-0.2, 0) is 11.3 Å². The summed E-state index contributed by atoms with van der Waals surface area (Å²) in [6.45, 7) is 5.14. The number of aromatic nitrogens is 3. The molecule has 208 valence electrons. The monoisotopic (exact) mass is 541 g/mol. The van der Waals surface area contributed by atoms with E-state index in [0.717, 1.165) is 60.1 Å². The molecule has 1 fully saturated rings. The number of hydrogen-bond acceptors (Lipinski definition) is 6. The van der Waals surface area contributed by atoms with E-state index in [1.807, 2.05) is 71.2 Å². The molecule has 0 aliphatic carbocycles. The summed E-state index contributed by atoms with van der Waals surface area (Å²) in [6.07, 6.45) is 5.64. The summed E-state index contributed by atoms with van der Waals surface area (Å²) in [5.74, 6) is 0.964. The number of fused-ring (bicyclic) bond motifs is 1. The average molecular weight is 542 g/mol. The Morgan fingerprint density at radius 3 is 2.42 bits per heavy atom. The van der Waals surface area contributed by atoms with Crippen LogP contribution in [-0.4, -0.2) is 71.9 Å². The Kier molecular flexibility index (Phi) is 8.40. The summed E-state index contributed by atoms with van der Waals surface area (Å²) in [4.78, 5) is 31.9. The largest absolute Gasteiger partial charge is 0.481 e. The van der Waals surface area contributed by atoms with Crippen molar-refractivity contribution < 1.29 is 19.1 Å². The van der Waals surface area contributed by atoms with Crippen LogP contribution in [0.15, 0.2) is 60.9 Å². The second-order valence-corrected chi connectivity index (χ2v) is 10.2. The number of benzene rings is 2. The standard InChI is InChI=1S/C31H35N5O4/c1-21-26(30(37)32-14-17-39-2)9-10-28-27(21)20-36(34-28)19-22-12-15-35(16-13-22)31(38)24-6-4-23(5-7-24)25-8-11-29(40-3)33-18-25/h4-11,18,20,22H,12-17,19H2,1-3H3,(H,32,37). The fourth-order valence-electron chi connectivity index (χ4n) is 5.22. The fraction of sp³-hybridized carbons (Fsp3) is 0.355. The van der Waals surface area contributed by atoms with Gasteiger partial charge in [0.1, 0.15) is 0 Å². The molecule has 1 N–H and O–H groups in total. The van der Waals surface area contributed by atoms with Gasteiger partial charge in [-0.3, -0.25) is 14.3 Å². The highest BCUT2D eigenvalue weighted by atomic mass is 16.5. The van der Waals surface area contributed by atoms with Gasteiger partial charge in [0.15, 0.2) is 0 Å². The van der Waals surface area contributed by atoms with Crippen molar-refractivity contribution in [2.24, 2.45) is 5.92 Å². The van der Waals surface area contributed by atoms with Crippen molar-refractivity contribution in [3.05, 3.63) is 77.6 Å². The summed E-state index contributed by atoms with van der Waals surface area (Å²) in [7, 11) is 3.20. The molecule has 9 nitrogen and oxygen atoms in total. The summed E-state index contributed by atoms with van der Waals surface area (Å²) in [5, 5.41) is 8.63. The minimum absolute atomic E-state index is 0.0645. The van der Waals surface area contributed by atoms with E-state index in [-0.39, 0.29) is 11.8 Å². The van der Waals surface area contributed by atoms with Gasteiger partial charge in [-0.15, -0.1) is 0 Å². The van der Waals surface area contributed by atoms with Crippen LogP contribution in [0.25, 0.3) is 22.0 Å². The topological polar surface area (TPSA) is 98.6 Å². The molecule has 1 aliphatic rings. The number of aryl methyl sites for hydroxylation is 1. The summed E-state index contributed by atoms with van der Waals surface area (Å²) < 4.78 is 12.1. The SMILES string of the molecule is COCCNC(=O)c1ccc2nn(CC3CCN(C(=O)c4ccc(-c5ccc(OC)nc5)cc4)CC3)cc2c1C. The van der Waals surface area contributed by atoms with Crippen LogP contribution in [0, 0.1) is 12.8 Å². The fourth-order valence-corrected chi connectivity index (χ4v) is 5.22. The van der Waals surface area contributed by atoms with Crippen LogP contribution in [0.3, 0.4) is 0 Å². The average Bonchev–Trinajstić information content (AvgIpc) is 3.41. The molecule has 2 amide bonds. The molecule has 0 atom stereocenters. The third-order valence-electron chi connectivity index (χ3n) is 7.60. The highest BCUT2D eigenvalue weighted by Gasteiger charge is 2.24. The van der Waals surface area contributed by atoms with Crippen molar-refractivity contribution >= 4 is 22.7 Å². The van der Waals surface area contributed by atoms with E-state index in [0.29, 0.717) is 36.1 Å². The number of carbonyl (C=O) groups is 2. The smallest absolute Gasteiger partial charge is 0.253 e. The number of amides is 2. The van der Waals surface area contributed by atoms with E-state index in [9.17, 15) is 9.59 Å². The zero-order valence-electron chi connectivity index (χ0n) is 23.2. The first-order valence-corrected chi connectivity index (χ1v) is 13.6. The Labute approximate surface area is 234 Å². The van der Waals surface area contributed by atoms with Gasteiger partial charge in [0.25, 0.3) is 11.8 Å². The number of ether oxygens (including phenoxy) is 2. The lowest BCUT2D eigenvalue weighted by Crippen LogP contribution is -2.39. The van der Waals surface area contributed by atoms with E-state index >= 15 is 0 Å². The number of methoxy groups -OCH3 is 2. The molecule has 3 heterocycles. The van der Waals surface area contributed by atoms with Crippen molar-refractivity contribution in [1.29, 1.82) is 0 Å². The van der Waals surface area contributed by atoms with E-state index in [2.05, 4.69) is 10.3 Å². The van der Waals surface area contributed by atoms with Crippen LogP contribution in [0.2, 0.25) is 0 Å². The maximum Gasteiger partial charge on any atom is 0.253 e. The first kappa shape index (κ1) is 27.3. The minimum Gasteiger partial charge on any atom is -0.481 e. The van der Waals surface area contributed by atoms with Crippen LogP contribution >= 0.6 is 0 Å². The Balaban J connectivity index is 1.17. The van der Waals surface area contributed by atoms with Crippen LogP contribution in [0.5, 0.6) is 5.88 Å². The van der Waals surface area contributed by atoms with Crippen LogP contribution in [0.1, 0.15) is 39.1 Å². The third kappa shape index (κ3) is 5.99. The molecule has 2 aromatic carbocycles. The highest BCUT2D eigenvalue weighted by Crippen LogP contribution is 2.26. The van der Waals surface area contributed by atoms with Gasteiger partial charge in [0.05, 0.1) is 19.2 Å². The number of rotatable bonds is 9. The van der Waals surface area contributed by atoms with Gasteiger partial charge in [-0.1, -0.05) is 12.1 Å². The molecule has 1 saturated heterocycles. The molecule has 0 spiro atoms. The molecular formula is C31H35N5O4. The molecule has 0 unspecified atom stereocenters. The second-order valence-electron chi connectivity index (χ2n) is 10.2. The van der Waals surface area contributed by atoms with Crippen LogP contribution < -0.4 is 10.1 Å². The Bertz CT molecular complexity index is 1470. The maximum absolute atomic E-state index is 13.2. The van der Waals surface area contributed by atoms with Crippen molar-refractivity contribution in [3.63, 3.8) is 0 Å². The lowest BCUT2D eigenvalue weighted by molar-refractivity contribution is 0.0681. The summed E-state index contributed by atoms with van der Waals surface area (Å²) >= 11 is 0. The van der Waals surface area contributed by atoms with E-state index in [1.54, 1.807) is 20.4 Å². The quantitative estimate of drug-likeness (QED) is 0.317. The lowest BCUT2D eigenvalue weighted by Gasteiger charge is -2.32. The molecule has 9 heteroatoms. The molecule has 0 radical (unpaired) electrons. The lowest BCUT2D eigenvalue weighted by atomic mass is 9.96. The number of likely N-dealkylation sites (tertiary alicyclic amines) is 1. The predicted molar refractivity (Wildman–Crippen MR) is 154 cm³/mol. The molecule has 5 rings (SSSR count).